The van der Waals surface area contributed by atoms with Crippen molar-refractivity contribution in [2.75, 3.05) is 73.2 Å². The standard InChI is InChI=1S/C33H39N9O4.C12H16N4O2/c1-33(2,3)46-32(45)42-27-10-7-24(19-26(27)29(34)38-42)37-31(44)23-11-14-39(20-23)21-28(43)41-17-15-40(16-18-41)25-8-5-22(6-9-25)30-35-12-4-13-36-30;1-12(2,3)18-11(17)16-9-5-4-7(13)6-8(9)10(14)15-16/h4-10,12-13,19,23H,11,14-18,20-21H2,1-3H3,(H2,34,38)(H,37,44);4-6H,13H2,1-3H3,(H2,14,15)/t23-;/m1./s1. The number of likely N-dealkylation sites (tertiary alicyclic amines) is 1. The molecule has 3 aromatic heterocycles. The molecule has 3 aromatic carbocycles. The lowest BCUT2D eigenvalue weighted by atomic mass is 10.1. The van der Waals surface area contributed by atoms with Crippen LogP contribution in [0.15, 0.2) is 79.1 Å². The first-order valence-corrected chi connectivity index (χ1v) is 21.0. The first kappa shape index (κ1) is 44.8. The van der Waals surface area contributed by atoms with E-state index in [-0.39, 0.29) is 29.4 Å². The summed E-state index contributed by atoms with van der Waals surface area (Å²) in [5, 5.41) is 12.3. The summed E-state index contributed by atoms with van der Waals surface area (Å²) in [6.45, 7) is 15.0. The van der Waals surface area contributed by atoms with Gasteiger partial charge in [-0.3, -0.25) is 14.5 Å². The minimum atomic E-state index is -0.680. The Balaban J connectivity index is 0.000000284. The predicted molar refractivity (Wildman–Crippen MR) is 245 cm³/mol. The largest absolute Gasteiger partial charge is 0.442 e. The quantitative estimate of drug-likeness (QED) is 0.152. The van der Waals surface area contributed by atoms with Gasteiger partial charge in [-0.05, 0) is 121 Å². The van der Waals surface area contributed by atoms with E-state index in [1.165, 1.54) is 0 Å². The van der Waals surface area contributed by atoms with E-state index in [2.05, 4.69) is 47.4 Å². The molecule has 1 atom stereocenters. The number of fused-ring (bicyclic) bond motifs is 2. The highest BCUT2D eigenvalue weighted by molar-refractivity contribution is 6.00. The molecule has 2 saturated heterocycles. The van der Waals surface area contributed by atoms with Crippen LogP contribution in [0.4, 0.5) is 38.3 Å². The second kappa shape index (κ2) is 18.2. The zero-order chi connectivity index (χ0) is 45.9. The second-order valence-corrected chi connectivity index (χ2v) is 17.8. The number of nitrogens with zero attached hydrogens (tertiary/aromatic N) is 9. The molecule has 8 rings (SSSR count). The van der Waals surface area contributed by atoms with Crippen LogP contribution in [0.2, 0.25) is 0 Å². The van der Waals surface area contributed by atoms with Gasteiger partial charge in [0.05, 0.1) is 23.5 Å². The van der Waals surface area contributed by atoms with Gasteiger partial charge in [-0.15, -0.1) is 10.2 Å². The number of ether oxygens (including phenoxy) is 2. The van der Waals surface area contributed by atoms with Gasteiger partial charge in [0, 0.05) is 78.5 Å². The fourth-order valence-corrected chi connectivity index (χ4v) is 7.48. The van der Waals surface area contributed by atoms with Gasteiger partial charge in [-0.25, -0.2) is 19.6 Å². The topological polar surface area (TPSA) is 248 Å². The maximum absolute atomic E-state index is 13.1. The zero-order valence-electron chi connectivity index (χ0n) is 36.9. The number of rotatable bonds is 6. The zero-order valence-corrected chi connectivity index (χ0v) is 36.9. The van der Waals surface area contributed by atoms with Gasteiger partial charge >= 0.3 is 12.2 Å². The molecule has 19 nitrogen and oxygen atoms in total. The summed E-state index contributed by atoms with van der Waals surface area (Å²) in [7, 11) is 0. The molecule has 336 valence electrons. The van der Waals surface area contributed by atoms with Crippen molar-refractivity contribution in [1.29, 1.82) is 0 Å². The summed E-state index contributed by atoms with van der Waals surface area (Å²) in [4.78, 5) is 65.7. The van der Waals surface area contributed by atoms with E-state index in [4.69, 9.17) is 26.7 Å². The molecule has 19 heteroatoms. The van der Waals surface area contributed by atoms with Gasteiger partial charge in [-0.2, -0.15) is 9.36 Å². The maximum Gasteiger partial charge on any atom is 0.435 e. The lowest BCUT2D eigenvalue weighted by Crippen LogP contribution is -2.51. The third kappa shape index (κ3) is 10.7. The highest BCUT2D eigenvalue weighted by Crippen LogP contribution is 2.28. The van der Waals surface area contributed by atoms with Crippen molar-refractivity contribution in [3.05, 3.63) is 79.1 Å². The molecule has 6 aromatic rings. The molecule has 64 heavy (non-hydrogen) atoms. The normalized spacial score (nSPS) is 15.8. The molecular formula is C45H55N13O6. The van der Waals surface area contributed by atoms with Crippen molar-refractivity contribution in [2.45, 2.75) is 59.2 Å². The minimum Gasteiger partial charge on any atom is -0.442 e. The SMILES string of the molecule is CC(C)(C)OC(=O)n1nc(N)c2cc(N)ccc21.CC(C)(C)OC(=O)n1nc(N)c2cc(NC(=O)[C@@H]3CCN(CC(=O)N4CCN(c5ccc(-c6ncccn6)cc5)CC4)C3)ccc21. The summed E-state index contributed by atoms with van der Waals surface area (Å²) >= 11 is 0. The second-order valence-electron chi connectivity index (χ2n) is 17.8. The Bertz CT molecular complexity index is 2660. The van der Waals surface area contributed by atoms with Crippen molar-refractivity contribution in [3.63, 3.8) is 0 Å². The van der Waals surface area contributed by atoms with Crippen molar-refractivity contribution in [1.82, 2.24) is 39.3 Å². The van der Waals surface area contributed by atoms with Crippen LogP contribution in [0, 0.1) is 5.92 Å². The third-order valence-corrected chi connectivity index (χ3v) is 10.5. The number of benzene rings is 3. The van der Waals surface area contributed by atoms with Gasteiger partial charge in [0.2, 0.25) is 11.8 Å². The van der Waals surface area contributed by atoms with Crippen LogP contribution >= 0.6 is 0 Å². The molecule has 0 saturated carbocycles. The Hall–Kier alpha value is -7.28. The van der Waals surface area contributed by atoms with Crippen LogP contribution in [0.3, 0.4) is 0 Å². The lowest BCUT2D eigenvalue weighted by molar-refractivity contribution is -0.132. The van der Waals surface area contributed by atoms with Crippen molar-refractivity contribution in [3.8, 4) is 11.4 Å². The van der Waals surface area contributed by atoms with Crippen molar-refractivity contribution >= 4 is 74.5 Å². The van der Waals surface area contributed by atoms with Crippen LogP contribution in [-0.4, -0.2) is 120 Å². The van der Waals surface area contributed by atoms with Crippen LogP contribution in [0.25, 0.3) is 33.2 Å². The van der Waals surface area contributed by atoms with Crippen LogP contribution < -0.4 is 27.4 Å². The van der Waals surface area contributed by atoms with Crippen LogP contribution in [0.1, 0.15) is 48.0 Å². The number of nitrogens with two attached hydrogens (primary N) is 3. The average molecular weight is 874 g/mol. The Morgan fingerprint density at radius 2 is 1.28 bits per heavy atom. The van der Waals surface area contributed by atoms with Crippen molar-refractivity contribution < 1.29 is 28.7 Å². The molecule has 0 unspecified atom stereocenters. The summed E-state index contributed by atoms with van der Waals surface area (Å²) in [5.41, 5.74) is 20.5. The Labute approximate surface area is 370 Å². The van der Waals surface area contributed by atoms with E-state index in [1.54, 1.807) is 96.4 Å². The Morgan fingerprint density at radius 3 is 1.86 bits per heavy atom. The van der Waals surface area contributed by atoms with E-state index >= 15 is 0 Å². The number of hydrogen-bond acceptors (Lipinski definition) is 15. The molecular weight excluding hydrogens is 819 g/mol. The summed E-state index contributed by atoms with van der Waals surface area (Å²) in [6, 6.07) is 20.2. The van der Waals surface area contributed by atoms with E-state index in [9.17, 15) is 19.2 Å². The van der Waals surface area contributed by atoms with E-state index in [0.717, 1.165) is 33.7 Å². The molecule has 2 aliphatic heterocycles. The molecule has 2 amide bonds. The fraction of sp³-hybridized carbons (Fsp3) is 0.378. The van der Waals surface area contributed by atoms with Gasteiger partial charge in [0.15, 0.2) is 17.5 Å². The maximum atomic E-state index is 13.1. The third-order valence-electron chi connectivity index (χ3n) is 10.5. The molecule has 2 aliphatic rings. The van der Waals surface area contributed by atoms with E-state index in [0.29, 0.717) is 78.1 Å². The van der Waals surface area contributed by atoms with E-state index < -0.39 is 23.4 Å². The number of piperazine rings is 1. The Kier molecular flexibility index (Phi) is 12.7. The van der Waals surface area contributed by atoms with Crippen LogP contribution in [-0.2, 0) is 19.1 Å². The molecule has 0 bridgehead atoms. The average Bonchev–Trinajstić information content (AvgIpc) is 3.95. The molecule has 0 aliphatic carbocycles. The van der Waals surface area contributed by atoms with Gasteiger partial charge < -0.3 is 41.8 Å². The minimum absolute atomic E-state index is 0.0835. The summed E-state index contributed by atoms with van der Waals surface area (Å²) in [5.74, 6) is 0.836. The van der Waals surface area contributed by atoms with E-state index in [1.807, 2.05) is 17.0 Å². The Morgan fingerprint density at radius 1 is 0.719 bits per heavy atom. The number of nitrogens with one attached hydrogen (secondary N) is 1. The number of nitrogen functional groups attached to an aromatic ring is 3. The van der Waals surface area contributed by atoms with Crippen molar-refractivity contribution in [2.24, 2.45) is 5.92 Å². The molecule has 0 radical (unpaired) electrons. The number of carbonyl (C=O) groups is 4. The highest BCUT2D eigenvalue weighted by Gasteiger charge is 2.32. The lowest BCUT2D eigenvalue weighted by Gasteiger charge is -2.36. The molecule has 5 heterocycles. The summed E-state index contributed by atoms with van der Waals surface area (Å²) in [6.07, 6.45) is 2.94. The molecule has 0 spiro atoms. The fourth-order valence-electron chi connectivity index (χ4n) is 7.48. The predicted octanol–water partition coefficient (Wildman–Crippen LogP) is 5.45. The number of carbonyl (C=O) groups excluding carboxylic acids is 4. The number of aromatic nitrogens is 6. The first-order chi connectivity index (χ1) is 30.3. The highest BCUT2D eigenvalue weighted by atomic mass is 16.6. The van der Waals surface area contributed by atoms with Gasteiger partial charge in [0.25, 0.3) is 0 Å². The summed E-state index contributed by atoms with van der Waals surface area (Å²) < 4.78 is 13.0. The molecule has 2 fully saturated rings. The smallest absolute Gasteiger partial charge is 0.435 e. The monoisotopic (exact) mass is 873 g/mol. The van der Waals surface area contributed by atoms with Crippen LogP contribution in [0.5, 0.6) is 0 Å². The number of anilines is 5. The van der Waals surface area contributed by atoms with Gasteiger partial charge in [-0.1, -0.05) is 0 Å². The number of hydrogen-bond donors (Lipinski definition) is 4. The number of amides is 2. The van der Waals surface area contributed by atoms with Gasteiger partial charge in [0.1, 0.15) is 11.2 Å². The first-order valence-electron chi connectivity index (χ1n) is 21.0. The molecule has 7 N–H and O–H groups in total.